The quantitative estimate of drug-likeness (QED) is 0.0881. The van der Waals surface area contributed by atoms with Gasteiger partial charge in [-0.2, -0.15) is 0 Å². The maximum Gasteiger partial charge on any atom is 0.240 e. The number of ether oxygens (including phenoxy) is 3. The third-order valence-electron chi connectivity index (χ3n) is 8.15. The number of unbranched alkanes of at least 4 members (excludes halogenated alkanes) is 1. The number of nitrogens with one attached hydrogen (secondary N) is 2. The van der Waals surface area contributed by atoms with Crippen molar-refractivity contribution in [2.24, 2.45) is 17.1 Å². The molecule has 0 aliphatic heterocycles. The molecular formula is C36H38F2N4O6S. The number of carbonyl (C=O) groups is 3. The van der Waals surface area contributed by atoms with Gasteiger partial charge in [-0.25, -0.2) is 8.78 Å². The zero-order valence-corrected chi connectivity index (χ0v) is 28.2. The van der Waals surface area contributed by atoms with E-state index in [-0.39, 0.29) is 22.5 Å². The van der Waals surface area contributed by atoms with E-state index in [9.17, 15) is 18.8 Å². The number of methoxy groups -OCH3 is 1. The summed E-state index contributed by atoms with van der Waals surface area (Å²) in [5, 5.41) is 5.82. The first kappa shape index (κ1) is 35.6. The molecule has 4 aromatic rings. The van der Waals surface area contributed by atoms with Crippen molar-refractivity contribution in [3.63, 3.8) is 0 Å². The number of aromatic nitrogens is 1. The van der Waals surface area contributed by atoms with E-state index in [2.05, 4.69) is 15.6 Å². The van der Waals surface area contributed by atoms with E-state index in [1.807, 2.05) is 13.8 Å². The molecule has 3 aromatic carbocycles. The van der Waals surface area contributed by atoms with E-state index in [1.54, 1.807) is 18.2 Å². The summed E-state index contributed by atoms with van der Waals surface area (Å²) in [5.74, 6) is -0.355. The number of pyridine rings is 1. The topological polar surface area (TPSA) is 142 Å². The predicted molar refractivity (Wildman–Crippen MR) is 185 cm³/mol. The number of thioether (sulfide) groups is 1. The molecular weight excluding hydrogens is 654 g/mol. The van der Waals surface area contributed by atoms with E-state index in [1.165, 1.54) is 61.5 Å². The minimum atomic E-state index is -1.29. The first-order chi connectivity index (χ1) is 23.5. The largest absolute Gasteiger partial charge is 0.493 e. The smallest absolute Gasteiger partial charge is 0.240 e. The molecule has 49 heavy (non-hydrogen) atoms. The van der Waals surface area contributed by atoms with Gasteiger partial charge in [0.05, 0.1) is 25.3 Å². The van der Waals surface area contributed by atoms with Crippen molar-refractivity contribution < 1.29 is 37.4 Å². The van der Waals surface area contributed by atoms with Crippen LogP contribution in [0.3, 0.4) is 0 Å². The summed E-state index contributed by atoms with van der Waals surface area (Å²) in [7, 11) is 1.51. The standard InChI is InChI=1S/C36H38F2N4O6S/c1-21(2)32(39)33(43)49-17-5-4-16-47-31-20-27-25(19-30(31)46-3)28(12-15-40-27)48-29-11-10-24(18-26(29)38)42-35(45)36(13-14-36)34(44)41-23-8-6-22(37)7-9-23/h6-12,15,18-21,32H,4-5,13-14,16-17,39H2,1-3H3,(H,41,44)(H,42,45)/t32-/m0/s1. The second-order valence-electron chi connectivity index (χ2n) is 12.1. The molecule has 1 atom stereocenters. The molecule has 0 spiro atoms. The lowest BCUT2D eigenvalue weighted by atomic mass is 10.0. The first-order valence-corrected chi connectivity index (χ1v) is 16.9. The van der Waals surface area contributed by atoms with Crippen molar-refractivity contribution in [3.05, 3.63) is 78.5 Å². The number of hydrogen-bond acceptors (Lipinski definition) is 9. The highest BCUT2D eigenvalue weighted by molar-refractivity contribution is 8.13. The fourth-order valence-corrected chi connectivity index (χ4v) is 5.93. The molecule has 0 bridgehead atoms. The van der Waals surface area contributed by atoms with Crippen LogP contribution in [0.25, 0.3) is 10.9 Å². The second-order valence-corrected chi connectivity index (χ2v) is 13.2. The van der Waals surface area contributed by atoms with Gasteiger partial charge in [-0.15, -0.1) is 0 Å². The van der Waals surface area contributed by atoms with Crippen molar-refractivity contribution in [2.75, 3.05) is 30.1 Å². The van der Waals surface area contributed by atoms with E-state index >= 15 is 4.39 Å². The number of amides is 2. The first-order valence-electron chi connectivity index (χ1n) is 15.9. The number of nitrogens with two attached hydrogens (primary N) is 1. The average Bonchev–Trinajstić information content (AvgIpc) is 3.90. The normalized spacial score (nSPS) is 13.9. The van der Waals surface area contributed by atoms with Gasteiger partial charge in [0.2, 0.25) is 16.9 Å². The lowest BCUT2D eigenvalue weighted by molar-refractivity contribution is -0.131. The molecule has 1 saturated carbocycles. The third kappa shape index (κ3) is 8.65. The Bertz CT molecular complexity index is 1830. The summed E-state index contributed by atoms with van der Waals surface area (Å²) in [4.78, 5) is 42.4. The van der Waals surface area contributed by atoms with E-state index < -0.39 is 34.9 Å². The minimum absolute atomic E-state index is 0.00735. The van der Waals surface area contributed by atoms with Crippen LogP contribution in [0.4, 0.5) is 20.2 Å². The van der Waals surface area contributed by atoms with Gasteiger partial charge in [0.1, 0.15) is 17.0 Å². The van der Waals surface area contributed by atoms with Crippen LogP contribution < -0.4 is 30.6 Å². The molecule has 0 radical (unpaired) electrons. The molecule has 5 rings (SSSR count). The minimum Gasteiger partial charge on any atom is -0.493 e. The molecule has 258 valence electrons. The van der Waals surface area contributed by atoms with Gasteiger partial charge < -0.3 is 30.6 Å². The number of anilines is 2. The molecule has 1 heterocycles. The third-order valence-corrected chi connectivity index (χ3v) is 9.20. The molecule has 1 fully saturated rings. The van der Waals surface area contributed by atoms with Crippen LogP contribution in [-0.4, -0.2) is 47.4 Å². The summed E-state index contributed by atoms with van der Waals surface area (Å²) in [6, 6.07) is 13.8. The Morgan fingerprint density at radius 2 is 1.59 bits per heavy atom. The van der Waals surface area contributed by atoms with Crippen LogP contribution in [0.1, 0.15) is 39.5 Å². The van der Waals surface area contributed by atoms with Crippen LogP contribution in [-0.2, 0) is 14.4 Å². The fourth-order valence-electron chi connectivity index (χ4n) is 4.91. The lowest BCUT2D eigenvalue weighted by Crippen LogP contribution is -2.35. The number of hydrogen-bond donors (Lipinski definition) is 3. The fraction of sp³-hybridized carbons (Fsp3) is 0.333. The van der Waals surface area contributed by atoms with Gasteiger partial charge in [0.15, 0.2) is 23.1 Å². The molecule has 1 aromatic heterocycles. The highest BCUT2D eigenvalue weighted by Gasteiger charge is 2.56. The van der Waals surface area contributed by atoms with Crippen molar-refractivity contribution >= 4 is 51.0 Å². The Hall–Kier alpha value is -4.75. The van der Waals surface area contributed by atoms with E-state index in [0.717, 1.165) is 18.9 Å². The Kier molecular flexibility index (Phi) is 11.4. The zero-order valence-electron chi connectivity index (χ0n) is 27.4. The van der Waals surface area contributed by atoms with Crippen molar-refractivity contribution in [2.45, 2.75) is 45.6 Å². The Balaban J connectivity index is 1.19. The zero-order chi connectivity index (χ0) is 35.1. The summed E-state index contributed by atoms with van der Waals surface area (Å²) in [6.07, 6.45) is 3.68. The van der Waals surface area contributed by atoms with Crippen molar-refractivity contribution in [3.8, 4) is 23.0 Å². The molecule has 4 N–H and O–H groups in total. The van der Waals surface area contributed by atoms with Crippen LogP contribution in [0, 0.1) is 23.0 Å². The highest BCUT2D eigenvalue weighted by atomic mass is 32.2. The van der Waals surface area contributed by atoms with E-state index in [4.69, 9.17) is 19.9 Å². The Morgan fingerprint density at radius 3 is 2.24 bits per heavy atom. The monoisotopic (exact) mass is 692 g/mol. The number of nitrogens with zero attached hydrogens (tertiary/aromatic N) is 1. The average molecular weight is 693 g/mol. The van der Waals surface area contributed by atoms with Crippen LogP contribution in [0.15, 0.2) is 66.9 Å². The highest BCUT2D eigenvalue weighted by Crippen LogP contribution is 2.47. The van der Waals surface area contributed by atoms with Gasteiger partial charge in [0, 0.05) is 40.8 Å². The lowest BCUT2D eigenvalue weighted by Gasteiger charge is -2.16. The molecule has 13 heteroatoms. The van der Waals surface area contributed by atoms with Crippen LogP contribution >= 0.6 is 11.8 Å². The second kappa shape index (κ2) is 15.6. The molecule has 10 nitrogen and oxygen atoms in total. The van der Waals surface area contributed by atoms with Crippen LogP contribution in [0.2, 0.25) is 0 Å². The van der Waals surface area contributed by atoms with Gasteiger partial charge in [-0.05, 0) is 80.1 Å². The summed E-state index contributed by atoms with van der Waals surface area (Å²) < 4.78 is 45.9. The number of carbonyl (C=O) groups excluding carboxylic acids is 3. The van der Waals surface area contributed by atoms with Crippen molar-refractivity contribution in [1.29, 1.82) is 0 Å². The summed E-state index contributed by atoms with van der Waals surface area (Å²) >= 11 is 1.24. The predicted octanol–water partition coefficient (Wildman–Crippen LogP) is 7.07. The van der Waals surface area contributed by atoms with E-state index in [0.29, 0.717) is 59.0 Å². The van der Waals surface area contributed by atoms with Gasteiger partial charge in [0.25, 0.3) is 0 Å². The molecule has 0 saturated heterocycles. The SMILES string of the molecule is COc1cc2c(Oc3ccc(NC(=O)C4(C(=O)Nc5ccc(F)cc5)CC4)cc3F)ccnc2cc1OCCCCSC(=O)[C@@H](N)C(C)C. The maximum absolute atomic E-state index is 15.3. The summed E-state index contributed by atoms with van der Waals surface area (Å²) in [6.45, 7) is 4.24. The van der Waals surface area contributed by atoms with Gasteiger partial charge >= 0.3 is 0 Å². The Labute approximate surface area is 287 Å². The van der Waals surface area contributed by atoms with Gasteiger partial charge in [-0.3, -0.25) is 19.4 Å². The maximum atomic E-state index is 15.3. The molecule has 1 aliphatic rings. The van der Waals surface area contributed by atoms with Gasteiger partial charge in [-0.1, -0.05) is 25.6 Å². The number of halogens is 2. The van der Waals surface area contributed by atoms with Crippen LogP contribution in [0.5, 0.6) is 23.0 Å². The van der Waals surface area contributed by atoms with Crippen molar-refractivity contribution in [1.82, 2.24) is 4.98 Å². The molecule has 0 unspecified atom stereocenters. The number of fused-ring (bicyclic) bond motifs is 1. The summed E-state index contributed by atoms with van der Waals surface area (Å²) in [5.41, 5.74) is 5.67. The molecule has 2 amide bonds. The number of benzene rings is 3. The Morgan fingerprint density at radius 1 is 0.898 bits per heavy atom. The molecule has 1 aliphatic carbocycles. The number of rotatable bonds is 15.